The largest absolute Gasteiger partial charge is 0.330 e. The molecule has 0 aromatic carbocycles. The molecule has 0 amide bonds. The summed E-state index contributed by atoms with van der Waals surface area (Å²) < 4.78 is 0. The number of aromatic nitrogens is 1. The summed E-state index contributed by atoms with van der Waals surface area (Å²) in [5, 5.41) is 0. The summed E-state index contributed by atoms with van der Waals surface area (Å²) in [6, 6.07) is 5.42. The zero-order valence-electron chi connectivity index (χ0n) is 10.7. The zero-order valence-corrected chi connectivity index (χ0v) is 10.7. The highest BCUT2D eigenvalue weighted by Gasteiger charge is 2.30. The highest BCUT2D eigenvalue weighted by Crippen LogP contribution is 2.34. The van der Waals surface area contributed by atoms with Crippen molar-refractivity contribution in [3.8, 4) is 0 Å². The molecule has 3 heteroatoms. The van der Waals surface area contributed by atoms with Crippen LogP contribution in [0.2, 0.25) is 0 Å². The van der Waals surface area contributed by atoms with Crippen molar-refractivity contribution < 1.29 is 0 Å². The third-order valence-corrected chi connectivity index (χ3v) is 3.80. The molecule has 2 N–H and O–H groups in total. The molecule has 1 aliphatic heterocycles. The van der Waals surface area contributed by atoms with Crippen molar-refractivity contribution in [1.29, 1.82) is 0 Å². The molecule has 1 aromatic rings. The molecular weight excluding hydrogens is 210 g/mol. The Morgan fingerprint density at radius 2 is 2.47 bits per heavy atom. The lowest BCUT2D eigenvalue weighted by molar-refractivity contribution is 0.168. The Hall–Kier alpha value is -0.930. The van der Waals surface area contributed by atoms with Gasteiger partial charge in [0.25, 0.3) is 0 Å². The number of hydrogen-bond acceptors (Lipinski definition) is 3. The average Bonchev–Trinajstić information content (AvgIpc) is 2.86. The molecule has 2 unspecified atom stereocenters. The van der Waals surface area contributed by atoms with Crippen LogP contribution in [0, 0.1) is 0 Å². The molecule has 1 aromatic heterocycles. The summed E-state index contributed by atoms with van der Waals surface area (Å²) in [7, 11) is 0. The Morgan fingerprint density at radius 3 is 3.12 bits per heavy atom. The molecule has 0 bridgehead atoms. The summed E-state index contributed by atoms with van der Waals surface area (Å²) in [5.41, 5.74) is 7.08. The zero-order chi connectivity index (χ0) is 12.1. The van der Waals surface area contributed by atoms with Crippen LogP contribution in [0.4, 0.5) is 0 Å². The maximum absolute atomic E-state index is 5.72. The standard InChI is InChI=1S/C14H23N3/c1-2-13(7-8-15)17-10-4-6-14(17)12-5-3-9-16-11-12/h3,5,9,11,13-14H,2,4,6-8,10,15H2,1H3. The van der Waals surface area contributed by atoms with Gasteiger partial charge >= 0.3 is 0 Å². The van der Waals surface area contributed by atoms with E-state index in [1.165, 1.54) is 31.4 Å². The van der Waals surface area contributed by atoms with Crippen LogP contribution in [0.15, 0.2) is 24.5 Å². The number of rotatable bonds is 5. The molecule has 0 saturated carbocycles. The van der Waals surface area contributed by atoms with E-state index in [4.69, 9.17) is 5.73 Å². The Bertz CT molecular complexity index is 325. The van der Waals surface area contributed by atoms with Crippen molar-refractivity contribution in [2.24, 2.45) is 5.73 Å². The van der Waals surface area contributed by atoms with Crippen LogP contribution >= 0.6 is 0 Å². The minimum atomic E-state index is 0.556. The second-order valence-corrected chi connectivity index (χ2v) is 4.82. The van der Waals surface area contributed by atoms with Gasteiger partial charge in [-0.25, -0.2) is 0 Å². The number of nitrogens with two attached hydrogens (primary N) is 1. The molecule has 0 radical (unpaired) electrons. The van der Waals surface area contributed by atoms with Crippen LogP contribution in [-0.2, 0) is 0 Å². The molecule has 0 spiro atoms. The minimum Gasteiger partial charge on any atom is -0.330 e. The van der Waals surface area contributed by atoms with Gasteiger partial charge in [-0.05, 0) is 50.4 Å². The lowest BCUT2D eigenvalue weighted by Gasteiger charge is -2.32. The Labute approximate surface area is 104 Å². The van der Waals surface area contributed by atoms with Gasteiger partial charge in [0.1, 0.15) is 0 Å². The Morgan fingerprint density at radius 1 is 1.59 bits per heavy atom. The van der Waals surface area contributed by atoms with Crippen molar-refractivity contribution in [3.63, 3.8) is 0 Å². The van der Waals surface area contributed by atoms with Crippen LogP contribution < -0.4 is 5.73 Å². The van der Waals surface area contributed by atoms with Crippen molar-refractivity contribution >= 4 is 0 Å². The molecule has 0 aliphatic carbocycles. The molecule has 2 atom stereocenters. The first-order chi connectivity index (χ1) is 8.36. The summed E-state index contributed by atoms with van der Waals surface area (Å²) >= 11 is 0. The molecule has 1 aliphatic rings. The molecule has 1 fully saturated rings. The van der Waals surface area contributed by atoms with Crippen molar-refractivity contribution in [2.45, 2.75) is 44.7 Å². The van der Waals surface area contributed by atoms with Gasteiger partial charge in [-0.15, -0.1) is 0 Å². The predicted molar refractivity (Wildman–Crippen MR) is 70.7 cm³/mol. The lowest BCUT2D eigenvalue weighted by atomic mass is 10.0. The summed E-state index contributed by atoms with van der Waals surface area (Å²) in [6.07, 6.45) is 8.70. The number of nitrogens with zero attached hydrogens (tertiary/aromatic N) is 2. The van der Waals surface area contributed by atoms with E-state index in [0.29, 0.717) is 12.1 Å². The molecule has 2 heterocycles. The number of pyridine rings is 1. The first-order valence-corrected chi connectivity index (χ1v) is 6.72. The number of likely N-dealkylation sites (tertiary alicyclic amines) is 1. The van der Waals surface area contributed by atoms with Gasteiger partial charge in [-0.1, -0.05) is 13.0 Å². The van der Waals surface area contributed by atoms with E-state index < -0.39 is 0 Å². The van der Waals surface area contributed by atoms with E-state index >= 15 is 0 Å². The fourth-order valence-corrected chi connectivity index (χ4v) is 2.95. The Kier molecular flexibility index (Phi) is 4.51. The van der Waals surface area contributed by atoms with Crippen LogP contribution in [0.25, 0.3) is 0 Å². The topological polar surface area (TPSA) is 42.1 Å². The second kappa shape index (κ2) is 6.12. The third kappa shape index (κ3) is 2.85. The summed E-state index contributed by atoms with van der Waals surface area (Å²) in [6.45, 7) is 4.26. The maximum atomic E-state index is 5.72. The lowest BCUT2D eigenvalue weighted by Crippen LogP contribution is -2.36. The number of hydrogen-bond donors (Lipinski definition) is 1. The summed E-state index contributed by atoms with van der Waals surface area (Å²) in [5.74, 6) is 0. The van der Waals surface area contributed by atoms with Crippen LogP contribution in [-0.4, -0.2) is 29.0 Å². The average molecular weight is 233 g/mol. The molecular formula is C14H23N3. The van der Waals surface area contributed by atoms with Gasteiger partial charge in [0.2, 0.25) is 0 Å². The first-order valence-electron chi connectivity index (χ1n) is 6.72. The quantitative estimate of drug-likeness (QED) is 0.849. The van der Waals surface area contributed by atoms with E-state index in [1.54, 1.807) is 0 Å². The van der Waals surface area contributed by atoms with Crippen LogP contribution in [0.5, 0.6) is 0 Å². The minimum absolute atomic E-state index is 0.556. The van der Waals surface area contributed by atoms with Crippen molar-refractivity contribution in [3.05, 3.63) is 30.1 Å². The van der Waals surface area contributed by atoms with Gasteiger partial charge in [-0.2, -0.15) is 0 Å². The molecule has 2 rings (SSSR count). The highest BCUT2D eigenvalue weighted by molar-refractivity contribution is 5.15. The monoisotopic (exact) mass is 233 g/mol. The van der Waals surface area contributed by atoms with E-state index in [9.17, 15) is 0 Å². The van der Waals surface area contributed by atoms with Crippen molar-refractivity contribution in [1.82, 2.24) is 9.88 Å². The van der Waals surface area contributed by atoms with Gasteiger partial charge in [0.05, 0.1) is 0 Å². The van der Waals surface area contributed by atoms with E-state index in [1.807, 2.05) is 18.5 Å². The van der Waals surface area contributed by atoms with E-state index in [0.717, 1.165) is 13.0 Å². The molecule has 1 saturated heterocycles. The SMILES string of the molecule is CCC(CCN)N1CCCC1c1cccnc1. The molecule has 17 heavy (non-hydrogen) atoms. The summed E-state index contributed by atoms with van der Waals surface area (Å²) in [4.78, 5) is 6.87. The van der Waals surface area contributed by atoms with Gasteiger partial charge in [0.15, 0.2) is 0 Å². The van der Waals surface area contributed by atoms with Gasteiger partial charge in [-0.3, -0.25) is 9.88 Å². The maximum Gasteiger partial charge on any atom is 0.0366 e. The third-order valence-electron chi connectivity index (χ3n) is 3.80. The second-order valence-electron chi connectivity index (χ2n) is 4.82. The highest BCUT2D eigenvalue weighted by atomic mass is 15.2. The fourth-order valence-electron chi connectivity index (χ4n) is 2.95. The van der Waals surface area contributed by atoms with Gasteiger partial charge in [0, 0.05) is 24.5 Å². The van der Waals surface area contributed by atoms with E-state index in [2.05, 4.69) is 22.9 Å². The van der Waals surface area contributed by atoms with E-state index in [-0.39, 0.29) is 0 Å². The molecule has 94 valence electrons. The first kappa shape index (κ1) is 12.5. The fraction of sp³-hybridized carbons (Fsp3) is 0.643. The normalized spacial score (nSPS) is 22.8. The van der Waals surface area contributed by atoms with Gasteiger partial charge < -0.3 is 5.73 Å². The smallest absolute Gasteiger partial charge is 0.0366 e. The molecule has 3 nitrogen and oxygen atoms in total. The van der Waals surface area contributed by atoms with Crippen LogP contribution in [0.3, 0.4) is 0 Å². The predicted octanol–water partition coefficient (Wildman–Crippen LogP) is 2.35. The van der Waals surface area contributed by atoms with Crippen molar-refractivity contribution in [2.75, 3.05) is 13.1 Å². The van der Waals surface area contributed by atoms with Crippen LogP contribution in [0.1, 0.15) is 44.2 Å². The Balaban J connectivity index is 2.11.